The number of aliphatic hydroxyl groups excluding tert-OH is 2. The van der Waals surface area contributed by atoms with Gasteiger partial charge in [-0.15, -0.1) is 0 Å². The molecule has 4 aliphatic carbocycles. The summed E-state index contributed by atoms with van der Waals surface area (Å²) in [7, 11) is 0. The van der Waals surface area contributed by atoms with Crippen LogP contribution in [0.25, 0.3) is 0 Å². The lowest BCUT2D eigenvalue weighted by molar-refractivity contribution is -0.279. The van der Waals surface area contributed by atoms with Crippen LogP contribution in [0.3, 0.4) is 0 Å². The van der Waals surface area contributed by atoms with Crippen molar-refractivity contribution in [3.63, 3.8) is 0 Å². The van der Waals surface area contributed by atoms with Gasteiger partial charge in [0.25, 0.3) is 0 Å². The van der Waals surface area contributed by atoms with Crippen molar-refractivity contribution in [2.24, 2.45) is 28.6 Å². The number of carbonyl (C=O) groups excluding carboxylic acids is 2. The van der Waals surface area contributed by atoms with Gasteiger partial charge in [-0.25, -0.2) is 0 Å². The molecule has 0 aromatic carbocycles. The predicted molar refractivity (Wildman–Crippen MR) is 97.7 cm³/mol. The van der Waals surface area contributed by atoms with Gasteiger partial charge in [0.15, 0.2) is 17.4 Å². The fourth-order valence-electron chi connectivity index (χ4n) is 7.38. The van der Waals surface area contributed by atoms with Crippen LogP contribution in [0.2, 0.25) is 0 Å². The van der Waals surface area contributed by atoms with Crippen molar-refractivity contribution in [2.75, 3.05) is 6.61 Å². The summed E-state index contributed by atoms with van der Waals surface area (Å²) < 4.78 is 0. The molecule has 0 aromatic rings. The SMILES string of the molecule is C[C@@]12C(=CC(=O)CC1(O)O)CC[C@@H]1[C@@H]2[C@@H](O)C[C@@]2(C)[C@H]1CC[C@]2(O)C(=O)CO. The average Bonchev–Trinajstić information content (AvgIpc) is 2.87. The maximum Gasteiger partial charge on any atom is 0.190 e. The van der Waals surface area contributed by atoms with E-state index in [9.17, 15) is 35.1 Å². The van der Waals surface area contributed by atoms with Crippen LogP contribution in [0.15, 0.2) is 11.6 Å². The van der Waals surface area contributed by atoms with E-state index in [1.807, 2.05) is 0 Å². The molecule has 7 nitrogen and oxygen atoms in total. The number of hydrogen-bond donors (Lipinski definition) is 5. The third kappa shape index (κ3) is 2.22. The zero-order valence-corrected chi connectivity index (χ0v) is 16.4. The molecule has 7 atom stereocenters. The Kier molecular flexibility index (Phi) is 4.29. The largest absolute Gasteiger partial charge is 0.393 e. The molecule has 4 aliphatic rings. The van der Waals surface area contributed by atoms with Crippen LogP contribution in [0.4, 0.5) is 0 Å². The summed E-state index contributed by atoms with van der Waals surface area (Å²) in [6.45, 7) is 2.78. The second kappa shape index (κ2) is 5.95. The summed E-state index contributed by atoms with van der Waals surface area (Å²) in [6.07, 6.45) is 2.22. The second-order valence-electron chi connectivity index (χ2n) is 9.84. The standard InChI is InChI=1S/C21H30O7/c1-18-9-15(24)17-13(14(18)5-6-20(18,26)16(25)10-22)4-3-11-7-12(23)8-21(27,28)19(11,17)2/h7,13-15,17,22,24,26-28H,3-6,8-10H2,1-2H3/t13-,14-,15-,17+,18-,19-,20-/m0/s1. The fraction of sp³-hybridized carbons (Fsp3) is 0.810. The summed E-state index contributed by atoms with van der Waals surface area (Å²) in [5.41, 5.74) is -3.07. The topological polar surface area (TPSA) is 135 Å². The van der Waals surface area contributed by atoms with Crippen LogP contribution in [-0.4, -0.2) is 61.2 Å². The average molecular weight is 394 g/mol. The van der Waals surface area contributed by atoms with Gasteiger partial charge in [-0.05, 0) is 50.0 Å². The van der Waals surface area contributed by atoms with Crippen LogP contribution < -0.4 is 0 Å². The molecule has 3 fully saturated rings. The Morgan fingerprint density at radius 2 is 1.89 bits per heavy atom. The Bertz CT molecular complexity index is 758. The molecule has 0 saturated heterocycles. The summed E-state index contributed by atoms with van der Waals surface area (Å²) in [5.74, 6) is -3.89. The number of ketones is 2. The zero-order chi connectivity index (χ0) is 20.7. The Labute approximate surface area is 164 Å². The molecule has 7 heteroatoms. The molecule has 0 radical (unpaired) electrons. The Morgan fingerprint density at radius 1 is 1.21 bits per heavy atom. The first-order valence-corrected chi connectivity index (χ1v) is 10.2. The lowest BCUT2D eigenvalue weighted by atomic mass is 9.44. The Hall–Kier alpha value is -1.12. The highest BCUT2D eigenvalue weighted by atomic mass is 16.5. The van der Waals surface area contributed by atoms with E-state index in [0.717, 1.165) is 0 Å². The normalized spacial score (nSPS) is 49.7. The minimum atomic E-state index is -2.25. The third-order valence-corrected chi connectivity index (χ3v) is 8.88. The van der Waals surface area contributed by atoms with Crippen LogP contribution in [0, 0.1) is 28.6 Å². The molecule has 0 bridgehead atoms. The van der Waals surface area contributed by atoms with Crippen LogP contribution in [0.1, 0.15) is 52.4 Å². The van der Waals surface area contributed by atoms with Crippen molar-refractivity contribution in [1.82, 2.24) is 0 Å². The quantitative estimate of drug-likeness (QED) is 0.418. The third-order valence-electron chi connectivity index (χ3n) is 8.88. The van der Waals surface area contributed by atoms with Crippen LogP contribution in [-0.2, 0) is 9.59 Å². The van der Waals surface area contributed by atoms with Gasteiger partial charge in [0, 0.05) is 16.7 Å². The molecule has 0 heterocycles. The number of Topliss-reactive ketones (excluding diaryl/α,β-unsaturated/α-hetero) is 1. The highest BCUT2D eigenvalue weighted by molar-refractivity contribution is 5.92. The molecule has 3 saturated carbocycles. The minimum Gasteiger partial charge on any atom is -0.393 e. The Morgan fingerprint density at radius 3 is 2.54 bits per heavy atom. The smallest absolute Gasteiger partial charge is 0.190 e. The van der Waals surface area contributed by atoms with E-state index in [1.165, 1.54) is 6.08 Å². The van der Waals surface area contributed by atoms with Gasteiger partial charge in [-0.3, -0.25) is 9.59 Å². The molecule has 5 N–H and O–H groups in total. The van der Waals surface area contributed by atoms with E-state index in [2.05, 4.69) is 0 Å². The maximum absolute atomic E-state index is 12.4. The van der Waals surface area contributed by atoms with Gasteiger partial charge >= 0.3 is 0 Å². The zero-order valence-electron chi connectivity index (χ0n) is 16.4. The lowest BCUT2D eigenvalue weighted by Crippen LogP contribution is -2.66. The van der Waals surface area contributed by atoms with Gasteiger partial charge in [-0.2, -0.15) is 0 Å². The summed E-state index contributed by atoms with van der Waals surface area (Å²) in [5, 5.41) is 53.4. The predicted octanol–water partition coefficient (Wildman–Crippen LogP) is 0.0724. The molecule has 0 aromatic heterocycles. The monoisotopic (exact) mass is 394 g/mol. The molecule has 0 spiro atoms. The molecule has 0 amide bonds. The van der Waals surface area contributed by atoms with Crippen molar-refractivity contribution >= 4 is 11.6 Å². The first kappa shape index (κ1) is 20.2. The van der Waals surface area contributed by atoms with E-state index in [0.29, 0.717) is 24.8 Å². The van der Waals surface area contributed by atoms with E-state index in [1.54, 1.807) is 13.8 Å². The lowest BCUT2D eigenvalue weighted by Gasteiger charge is -2.62. The second-order valence-corrected chi connectivity index (χ2v) is 9.84. The van der Waals surface area contributed by atoms with E-state index in [-0.39, 0.29) is 30.5 Å². The minimum absolute atomic E-state index is 0.0896. The molecule has 28 heavy (non-hydrogen) atoms. The molecule has 0 unspecified atom stereocenters. The number of rotatable bonds is 2. The highest BCUT2D eigenvalue weighted by Crippen LogP contribution is 2.68. The van der Waals surface area contributed by atoms with Crippen molar-refractivity contribution in [3.05, 3.63) is 11.6 Å². The van der Waals surface area contributed by atoms with Gasteiger partial charge < -0.3 is 25.5 Å². The van der Waals surface area contributed by atoms with Crippen molar-refractivity contribution in [3.8, 4) is 0 Å². The highest BCUT2D eigenvalue weighted by Gasteiger charge is 2.71. The van der Waals surface area contributed by atoms with Gasteiger partial charge in [0.05, 0.1) is 12.5 Å². The summed E-state index contributed by atoms with van der Waals surface area (Å²) in [4.78, 5) is 24.4. The summed E-state index contributed by atoms with van der Waals surface area (Å²) in [6, 6.07) is 0. The first-order valence-electron chi connectivity index (χ1n) is 10.2. The number of carbonyl (C=O) groups is 2. The maximum atomic E-state index is 12.4. The van der Waals surface area contributed by atoms with Gasteiger partial charge in [0.2, 0.25) is 0 Å². The van der Waals surface area contributed by atoms with Crippen molar-refractivity contribution in [2.45, 2.75) is 69.9 Å². The molecular formula is C21H30O7. The van der Waals surface area contributed by atoms with Gasteiger partial charge in [-0.1, -0.05) is 19.4 Å². The number of hydrogen-bond acceptors (Lipinski definition) is 7. The van der Waals surface area contributed by atoms with E-state index < -0.39 is 53.1 Å². The van der Waals surface area contributed by atoms with Crippen molar-refractivity contribution in [1.29, 1.82) is 0 Å². The van der Waals surface area contributed by atoms with Crippen LogP contribution in [0.5, 0.6) is 0 Å². The Balaban J connectivity index is 1.79. The van der Waals surface area contributed by atoms with Crippen molar-refractivity contribution < 1.29 is 35.1 Å². The summed E-state index contributed by atoms with van der Waals surface area (Å²) >= 11 is 0. The van der Waals surface area contributed by atoms with E-state index in [4.69, 9.17) is 0 Å². The molecule has 156 valence electrons. The first-order chi connectivity index (χ1) is 12.9. The number of fused-ring (bicyclic) bond motifs is 5. The van der Waals surface area contributed by atoms with Gasteiger partial charge in [0.1, 0.15) is 12.2 Å². The molecule has 4 rings (SSSR count). The molecule has 0 aliphatic heterocycles. The fourth-order valence-corrected chi connectivity index (χ4v) is 7.38. The number of aliphatic hydroxyl groups is 5. The molecular weight excluding hydrogens is 364 g/mol. The van der Waals surface area contributed by atoms with E-state index >= 15 is 0 Å². The van der Waals surface area contributed by atoms with Crippen LogP contribution >= 0.6 is 0 Å².